The van der Waals surface area contributed by atoms with E-state index >= 15 is 0 Å². The molecule has 0 aliphatic carbocycles. The van der Waals surface area contributed by atoms with Gasteiger partial charge in [-0.15, -0.1) is 0 Å². The van der Waals surface area contributed by atoms with Crippen LogP contribution in [-0.2, 0) is 16.1 Å². The van der Waals surface area contributed by atoms with Crippen LogP contribution in [0.25, 0.3) is 11.1 Å². The van der Waals surface area contributed by atoms with E-state index in [0.717, 1.165) is 22.4 Å². The molecule has 6 heteroatoms. The van der Waals surface area contributed by atoms with Crippen molar-refractivity contribution < 1.29 is 19.1 Å². The van der Waals surface area contributed by atoms with Gasteiger partial charge in [0.25, 0.3) is 5.91 Å². The van der Waals surface area contributed by atoms with Crippen LogP contribution in [0.1, 0.15) is 42.6 Å². The molecule has 1 unspecified atom stereocenters. The fraction of sp³-hybridized carbons (Fsp3) is 0.318. The standard InChI is InChI=1S/C22H22N2O4/c1-13(2)28-19-9-4-3-6-15(19)14-7-5-8-16-17(14)12-24(22(16)27)18-10-11-20(25)23-21(18)26/h3-9,13,18H,10-12H2,1-2H3,(H,23,25,26). The van der Waals surface area contributed by atoms with Crippen LogP contribution in [0.5, 0.6) is 5.75 Å². The quantitative estimate of drug-likeness (QED) is 0.830. The number of benzene rings is 2. The highest BCUT2D eigenvalue weighted by atomic mass is 16.5. The molecule has 2 heterocycles. The summed E-state index contributed by atoms with van der Waals surface area (Å²) in [6.45, 7) is 4.29. The Kier molecular flexibility index (Phi) is 4.63. The van der Waals surface area contributed by atoms with Crippen molar-refractivity contribution in [3.05, 3.63) is 53.6 Å². The van der Waals surface area contributed by atoms with Crippen LogP contribution < -0.4 is 10.1 Å². The second kappa shape index (κ2) is 7.11. The molecule has 2 aromatic carbocycles. The second-order valence-corrected chi connectivity index (χ2v) is 7.39. The van der Waals surface area contributed by atoms with Gasteiger partial charge in [0.2, 0.25) is 11.8 Å². The van der Waals surface area contributed by atoms with Crippen molar-refractivity contribution in [3.63, 3.8) is 0 Å². The van der Waals surface area contributed by atoms with Crippen molar-refractivity contribution in [2.45, 2.75) is 45.4 Å². The molecule has 2 aliphatic rings. The number of piperidine rings is 1. The Labute approximate surface area is 163 Å². The Balaban J connectivity index is 1.72. The predicted molar refractivity (Wildman–Crippen MR) is 104 cm³/mol. The molecule has 0 bridgehead atoms. The molecule has 0 radical (unpaired) electrons. The van der Waals surface area contributed by atoms with Gasteiger partial charge < -0.3 is 9.64 Å². The number of nitrogens with zero attached hydrogens (tertiary/aromatic N) is 1. The normalized spacial score (nSPS) is 19.0. The molecule has 28 heavy (non-hydrogen) atoms. The van der Waals surface area contributed by atoms with E-state index < -0.39 is 11.9 Å². The number of ether oxygens (including phenoxy) is 1. The molecule has 6 nitrogen and oxygen atoms in total. The van der Waals surface area contributed by atoms with Crippen molar-refractivity contribution in [1.82, 2.24) is 10.2 Å². The molecule has 2 aromatic rings. The van der Waals surface area contributed by atoms with Crippen molar-refractivity contribution in [2.75, 3.05) is 0 Å². The highest BCUT2D eigenvalue weighted by Crippen LogP contribution is 2.38. The zero-order valence-corrected chi connectivity index (χ0v) is 15.9. The first-order valence-electron chi connectivity index (χ1n) is 9.48. The van der Waals surface area contributed by atoms with E-state index in [-0.39, 0.29) is 24.3 Å². The van der Waals surface area contributed by atoms with Crippen LogP contribution in [0.3, 0.4) is 0 Å². The topological polar surface area (TPSA) is 75.7 Å². The summed E-state index contributed by atoms with van der Waals surface area (Å²) in [6.07, 6.45) is 0.626. The van der Waals surface area contributed by atoms with E-state index in [4.69, 9.17) is 4.74 Å². The lowest BCUT2D eigenvalue weighted by Crippen LogP contribution is -2.52. The Hall–Kier alpha value is -3.15. The number of hydrogen-bond donors (Lipinski definition) is 1. The molecule has 1 saturated heterocycles. The van der Waals surface area contributed by atoms with E-state index in [2.05, 4.69) is 5.32 Å². The fourth-order valence-corrected chi connectivity index (χ4v) is 3.88. The van der Waals surface area contributed by atoms with Crippen molar-refractivity contribution in [2.24, 2.45) is 0 Å². The average Bonchev–Trinajstić information content (AvgIpc) is 2.99. The highest BCUT2D eigenvalue weighted by Gasteiger charge is 2.40. The van der Waals surface area contributed by atoms with Gasteiger partial charge in [0.05, 0.1) is 6.10 Å². The molecule has 1 N–H and O–H groups in total. The average molecular weight is 378 g/mol. The van der Waals surface area contributed by atoms with Crippen LogP contribution in [0.15, 0.2) is 42.5 Å². The monoisotopic (exact) mass is 378 g/mol. The van der Waals surface area contributed by atoms with Crippen LogP contribution in [-0.4, -0.2) is 34.8 Å². The van der Waals surface area contributed by atoms with Crippen molar-refractivity contribution in [1.29, 1.82) is 0 Å². The van der Waals surface area contributed by atoms with Crippen LogP contribution in [0.2, 0.25) is 0 Å². The molecule has 1 fully saturated rings. The van der Waals surface area contributed by atoms with Gasteiger partial charge in [-0.2, -0.15) is 0 Å². The molecule has 2 aliphatic heterocycles. The minimum absolute atomic E-state index is 0.0273. The third-order valence-corrected chi connectivity index (χ3v) is 5.12. The van der Waals surface area contributed by atoms with Crippen LogP contribution >= 0.6 is 0 Å². The van der Waals surface area contributed by atoms with Gasteiger partial charge in [-0.1, -0.05) is 30.3 Å². The first kappa shape index (κ1) is 18.2. The Bertz CT molecular complexity index is 967. The van der Waals surface area contributed by atoms with Gasteiger partial charge in [0.1, 0.15) is 11.8 Å². The van der Waals surface area contributed by atoms with E-state index in [1.165, 1.54) is 0 Å². The predicted octanol–water partition coefficient (Wildman–Crippen LogP) is 2.90. The summed E-state index contributed by atoms with van der Waals surface area (Å²) in [5, 5.41) is 2.34. The van der Waals surface area contributed by atoms with Crippen molar-refractivity contribution >= 4 is 17.7 Å². The maximum atomic E-state index is 13.0. The largest absolute Gasteiger partial charge is 0.490 e. The number of hydrogen-bond acceptors (Lipinski definition) is 4. The lowest BCUT2D eigenvalue weighted by Gasteiger charge is -2.29. The Morgan fingerprint density at radius 1 is 1.00 bits per heavy atom. The molecular formula is C22H22N2O4. The molecule has 3 amide bonds. The maximum Gasteiger partial charge on any atom is 0.255 e. The maximum absolute atomic E-state index is 13.0. The summed E-state index contributed by atoms with van der Waals surface area (Å²) in [5.41, 5.74) is 3.33. The summed E-state index contributed by atoms with van der Waals surface area (Å²) >= 11 is 0. The van der Waals surface area contributed by atoms with Gasteiger partial charge in [-0.25, -0.2) is 0 Å². The van der Waals surface area contributed by atoms with Gasteiger partial charge in [-0.05, 0) is 43.5 Å². The molecule has 1 atom stereocenters. The van der Waals surface area contributed by atoms with Crippen molar-refractivity contribution in [3.8, 4) is 16.9 Å². The van der Waals surface area contributed by atoms with Gasteiger partial charge in [-0.3, -0.25) is 19.7 Å². The molecule has 0 aromatic heterocycles. The lowest BCUT2D eigenvalue weighted by atomic mass is 9.96. The van der Waals surface area contributed by atoms with E-state index in [1.54, 1.807) is 11.0 Å². The minimum Gasteiger partial charge on any atom is -0.490 e. The zero-order chi connectivity index (χ0) is 19.8. The zero-order valence-electron chi connectivity index (χ0n) is 15.9. The SMILES string of the molecule is CC(C)Oc1ccccc1-c1cccc2c1CN(C1CCC(=O)NC1=O)C2=O. The summed E-state index contributed by atoms with van der Waals surface area (Å²) in [7, 11) is 0. The molecule has 144 valence electrons. The highest BCUT2D eigenvalue weighted by molar-refractivity contribution is 6.06. The van der Waals surface area contributed by atoms with Crippen LogP contribution in [0.4, 0.5) is 0 Å². The summed E-state index contributed by atoms with van der Waals surface area (Å²) < 4.78 is 5.96. The third-order valence-electron chi connectivity index (χ3n) is 5.12. The smallest absolute Gasteiger partial charge is 0.255 e. The fourth-order valence-electron chi connectivity index (χ4n) is 3.88. The van der Waals surface area contributed by atoms with E-state index in [1.807, 2.05) is 50.2 Å². The molecule has 0 saturated carbocycles. The number of para-hydroxylation sites is 1. The number of nitrogens with one attached hydrogen (secondary N) is 1. The minimum atomic E-state index is -0.618. The summed E-state index contributed by atoms with van der Waals surface area (Å²) in [5.74, 6) is -0.0974. The molecular weight excluding hydrogens is 356 g/mol. The molecule has 4 rings (SSSR count). The number of rotatable bonds is 4. The first-order valence-corrected chi connectivity index (χ1v) is 9.48. The van der Waals surface area contributed by atoms with Gasteiger partial charge >= 0.3 is 0 Å². The number of carbonyl (C=O) groups is 3. The number of amides is 3. The first-order chi connectivity index (χ1) is 13.5. The van der Waals surface area contributed by atoms with E-state index in [0.29, 0.717) is 18.5 Å². The van der Waals surface area contributed by atoms with Crippen LogP contribution in [0, 0.1) is 0 Å². The number of imide groups is 1. The Morgan fingerprint density at radius 2 is 1.71 bits per heavy atom. The Morgan fingerprint density at radius 3 is 2.46 bits per heavy atom. The number of carbonyl (C=O) groups excluding carboxylic acids is 3. The summed E-state index contributed by atoms with van der Waals surface area (Å²) in [4.78, 5) is 38.3. The summed E-state index contributed by atoms with van der Waals surface area (Å²) in [6, 6.07) is 12.8. The number of fused-ring (bicyclic) bond motifs is 1. The van der Waals surface area contributed by atoms with Gasteiger partial charge in [0.15, 0.2) is 0 Å². The lowest BCUT2D eigenvalue weighted by molar-refractivity contribution is -0.136. The van der Waals surface area contributed by atoms with Gasteiger partial charge in [0, 0.05) is 24.1 Å². The third kappa shape index (κ3) is 3.15. The van der Waals surface area contributed by atoms with E-state index in [9.17, 15) is 14.4 Å². The second-order valence-electron chi connectivity index (χ2n) is 7.39. The molecule has 0 spiro atoms.